The van der Waals surface area contributed by atoms with Crippen molar-refractivity contribution in [2.45, 2.75) is 48.1 Å². The summed E-state index contributed by atoms with van der Waals surface area (Å²) in [6.45, 7) is 16.1. The molecule has 0 saturated carbocycles. The first-order chi connectivity index (χ1) is 11.7. The van der Waals surface area contributed by atoms with E-state index in [0.717, 1.165) is 0 Å². The Hall–Kier alpha value is -1.86. The molecular formula is C24H30Si. The first-order valence-corrected chi connectivity index (χ1v) is 11.8. The van der Waals surface area contributed by atoms with E-state index in [0.29, 0.717) is 5.92 Å². The van der Waals surface area contributed by atoms with Crippen LogP contribution in [0.5, 0.6) is 0 Å². The number of benzene rings is 2. The minimum Gasteiger partial charge on any atom is -0.0777 e. The molecule has 0 N–H and O–H groups in total. The van der Waals surface area contributed by atoms with Gasteiger partial charge in [-0.15, -0.1) is 0 Å². The van der Waals surface area contributed by atoms with Gasteiger partial charge in [-0.2, -0.15) is 0 Å². The average molecular weight is 347 g/mol. The summed E-state index contributed by atoms with van der Waals surface area (Å²) in [7, 11) is -2.00. The van der Waals surface area contributed by atoms with Crippen molar-refractivity contribution in [2.24, 2.45) is 5.92 Å². The molecule has 0 radical (unpaired) electrons. The Balaban J connectivity index is 2.34. The molecule has 0 amide bonds. The van der Waals surface area contributed by atoms with Gasteiger partial charge in [-0.05, 0) is 50.9 Å². The number of rotatable bonds is 3. The highest BCUT2D eigenvalue weighted by molar-refractivity contribution is 7.06. The summed E-state index contributed by atoms with van der Waals surface area (Å²) in [6, 6.07) is 14.3. The van der Waals surface area contributed by atoms with Gasteiger partial charge in [-0.1, -0.05) is 95.0 Å². The third-order valence-corrected chi connectivity index (χ3v) is 10.5. The van der Waals surface area contributed by atoms with Crippen molar-refractivity contribution in [1.29, 1.82) is 0 Å². The van der Waals surface area contributed by atoms with Crippen LogP contribution in [0.2, 0.25) is 6.55 Å². The lowest BCUT2D eigenvalue weighted by Crippen LogP contribution is -2.59. The summed E-state index contributed by atoms with van der Waals surface area (Å²) in [5, 5.41) is 4.75. The van der Waals surface area contributed by atoms with Crippen LogP contribution >= 0.6 is 0 Å². The standard InChI is InChI=1S/C24H30Si/c1-16-10-17(2)13-22(12-16)25(7,24-20(5)8-9-21(24)6)23-14-18(3)11-19(4)15-23/h8-15,20H,1-7H3. The van der Waals surface area contributed by atoms with Crippen LogP contribution in [0.1, 0.15) is 36.1 Å². The average Bonchev–Trinajstić information content (AvgIpc) is 2.84. The zero-order chi connectivity index (χ0) is 18.4. The van der Waals surface area contributed by atoms with E-state index in [2.05, 4.69) is 96.6 Å². The van der Waals surface area contributed by atoms with E-state index in [1.54, 1.807) is 15.6 Å². The van der Waals surface area contributed by atoms with Crippen molar-refractivity contribution in [2.75, 3.05) is 0 Å². The van der Waals surface area contributed by atoms with E-state index in [4.69, 9.17) is 0 Å². The molecule has 0 bridgehead atoms. The predicted octanol–water partition coefficient (Wildman–Crippen LogP) is 5.17. The van der Waals surface area contributed by atoms with Gasteiger partial charge in [0.2, 0.25) is 0 Å². The zero-order valence-corrected chi connectivity index (χ0v) is 17.7. The SMILES string of the molecule is CC1=C([Si](C)(c2cc(C)cc(C)c2)c2cc(C)cc(C)c2)C(C)C=C1. The van der Waals surface area contributed by atoms with Gasteiger partial charge < -0.3 is 0 Å². The normalized spacial score (nSPS) is 17.5. The van der Waals surface area contributed by atoms with Crippen LogP contribution < -0.4 is 10.4 Å². The van der Waals surface area contributed by atoms with Crippen LogP contribution in [0.25, 0.3) is 0 Å². The molecule has 0 heterocycles. The molecule has 1 heteroatoms. The van der Waals surface area contributed by atoms with E-state index in [-0.39, 0.29) is 0 Å². The Bertz CT molecular complexity index is 791. The second kappa shape index (κ2) is 6.46. The highest BCUT2D eigenvalue weighted by atomic mass is 28.3. The third-order valence-electron chi connectivity index (χ3n) is 5.65. The van der Waals surface area contributed by atoms with Gasteiger partial charge in [0.05, 0.1) is 0 Å². The van der Waals surface area contributed by atoms with Gasteiger partial charge >= 0.3 is 0 Å². The summed E-state index contributed by atoms with van der Waals surface area (Å²) >= 11 is 0. The lowest BCUT2D eigenvalue weighted by Gasteiger charge is -2.35. The first-order valence-electron chi connectivity index (χ1n) is 9.29. The van der Waals surface area contributed by atoms with Crippen LogP contribution in [0, 0.1) is 33.6 Å². The van der Waals surface area contributed by atoms with Crippen molar-refractivity contribution in [3.8, 4) is 0 Å². The molecule has 1 aliphatic rings. The number of aryl methyl sites for hydroxylation is 4. The molecule has 2 aromatic carbocycles. The Morgan fingerprint density at radius 1 is 0.680 bits per heavy atom. The summed E-state index contributed by atoms with van der Waals surface area (Å²) in [6.07, 6.45) is 4.71. The van der Waals surface area contributed by atoms with Crippen LogP contribution in [0.3, 0.4) is 0 Å². The van der Waals surface area contributed by atoms with Crippen LogP contribution in [-0.4, -0.2) is 8.07 Å². The van der Waals surface area contributed by atoms with Crippen LogP contribution in [0.15, 0.2) is 59.3 Å². The van der Waals surface area contributed by atoms with E-state index in [1.807, 2.05) is 0 Å². The molecule has 1 unspecified atom stereocenters. The maximum Gasteiger partial charge on any atom is 0.142 e. The minimum atomic E-state index is -2.00. The fourth-order valence-corrected chi connectivity index (χ4v) is 9.59. The molecular weight excluding hydrogens is 316 g/mol. The minimum absolute atomic E-state index is 0.526. The molecule has 130 valence electrons. The second-order valence-corrected chi connectivity index (χ2v) is 12.1. The molecule has 25 heavy (non-hydrogen) atoms. The molecule has 1 aliphatic carbocycles. The lowest BCUT2D eigenvalue weighted by molar-refractivity contribution is 0.922. The van der Waals surface area contributed by atoms with Crippen molar-refractivity contribution >= 4 is 18.4 Å². The van der Waals surface area contributed by atoms with Gasteiger partial charge in [0.25, 0.3) is 0 Å². The van der Waals surface area contributed by atoms with E-state index >= 15 is 0 Å². The largest absolute Gasteiger partial charge is 0.142 e. The fourth-order valence-electron chi connectivity index (χ4n) is 4.69. The molecule has 0 spiro atoms. The van der Waals surface area contributed by atoms with Crippen molar-refractivity contribution < 1.29 is 0 Å². The summed E-state index contributed by atoms with van der Waals surface area (Å²) < 4.78 is 0. The first kappa shape index (κ1) is 17.9. The number of allylic oxidation sites excluding steroid dienone is 4. The number of hydrogen-bond acceptors (Lipinski definition) is 0. The lowest BCUT2D eigenvalue weighted by atomic mass is 10.1. The Kier molecular flexibility index (Phi) is 4.63. The second-order valence-electron chi connectivity index (χ2n) is 8.12. The molecule has 0 aliphatic heterocycles. The van der Waals surface area contributed by atoms with Gasteiger partial charge in [0.15, 0.2) is 0 Å². The summed E-state index contributed by atoms with van der Waals surface area (Å²) in [5.41, 5.74) is 6.95. The van der Waals surface area contributed by atoms with Gasteiger partial charge in [-0.25, -0.2) is 0 Å². The Labute approximate surface area is 154 Å². The predicted molar refractivity (Wildman–Crippen MR) is 114 cm³/mol. The number of hydrogen-bond donors (Lipinski definition) is 0. The Morgan fingerprint density at radius 2 is 1.08 bits per heavy atom. The third kappa shape index (κ3) is 3.18. The smallest absolute Gasteiger partial charge is 0.0777 e. The van der Waals surface area contributed by atoms with Crippen LogP contribution in [-0.2, 0) is 0 Å². The molecule has 0 aromatic heterocycles. The van der Waals surface area contributed by atoms with Crippen molar-refractivity contribution in [1.82, 2.24) is 0 Å². The van der Waals surface area contributed by atoms with Crippen molar-refractivity contribution in [3.05, 3.63) is 81.6 Å². The highest BCUT2D eigenvalue weighted by Gasteiger charge is 2.40. The maximum absolute atomic E-state index is 2.55. The van der Waals surface area contributed by atoms with E-state index in [9.17, 15) is 0 Å². The monoisotopic (exact) mass is 346 g/mol. The van der Waals surface area contributed by atoms with Gasteiger partial charge in [0.1, 0.15) is 8.07 Å². The summed E-state index contributed by atoms with van der Waals surface area (Å²) in [5.74, 6) is 0.526. The van der Waals surface area contributed by atoms with Gasteiger partial charge in [-0.3, -0.25) is 0 Å². The molecule has 0 saturated heterocycles. The van der Waals surface area contributed by atoms with E-state index in [1.165, 1.54) is 27.8 Å². The van der Waals surface area contributed by atoms with Gasteiger partial charge in [0, 0.05) is 0 Å². The Morgan fingerprint density at radius 3 is 1.40 bits per heavy atom. The summed E-state index contributed by atoms with van der Waals surface area (Å²) in [4.78, 5) is 0. The topological polar surface area (TPSA) is 0 Å². The fraction of sp³-hybridized carbons (Fsp3) is 0.333. The molecule has 2 aromatic rings. The van der Waals surface area contributed by atoms with Crippen molar-refractivity contribution in [3.63, 3.8) is 0 Å². The molecule has 3 rings (SSSR count). The van der Waals surface area contributed by atoms with E-state index < -0.39 is 8.07 Å². The molecule has 1 atom stereocenters. The molecule has 0 nitrogen and oxygen atoms in total. The maximum atomic E-state index is 2.55. The zero-order valence-electron chi connectivity index (χ0n) is 16.7. The molecule has 0 fully saturated rings. The van der Waals surface area contributed by atoms with Crippen LogP contribution in [0.4, 0.5) is 0 Å². The highest BCUT2D eigenvalue weighted by Crippen LogP contribution is 2.33. The quantitative estimate of drug-likeness (QED) is 0.672.